The first-order valence-corrected chi connectivity index (χ1v) is 15.3. The molecule has 0 aliphatic carbocycles. The molecule has 8 nitrogen and oxygen atoms in total. The van der Waals surface area contributed by atoms with Gasteiger partial charge in [-0.05, 0) is 76.2 Å². The van der Waals surface area contributed by atoms with Crippen LogP contribution in [-0.4, -0.2) is 36.0 Å². The summed E-state index contributed by atoms with van der Waals surface area (Å²) in [6, 6.07) is 39.2. The van der Waals surface area contributed by atoms with Gasteiger partial charge in [-0.3, -0.25) is 14.4 Å². The molecule has 1 atom stereocenters. The van der Waals surface area contributed by atoms with Gasteiger partial charge in [0.15, 0.2) is 0 Å². The van der Waals surface area contributed by atoms with E-state index < -0.39 is 23.8 Å². The lowest BCUT2D eigenvalue weighted by Crippen LogP contribution is -2.46. The van der Waals surface area contributed by atoms with E-state index in [1.165, 1.54) is 0 Å². The van der Waals surface area contributed by atoms with Gasteiger partial charge in [0.05, 0.1) is 7.11 Å². The molecule has 0 fully saturated rings. The Labute approximate surface area is 274 Å². The van der Waals surface area contributed by atoms with E-state index in [4.69, 9.17) is 14.6 Å². The van der Waals surface area contributed by atoms with Gasteiger partial charge in [-0.25, -0.2) is 0 Å². The molecule has 0 spiro atoms. The number of carbonyl (C=O) groups is 3. The van der Waals surface area contributed by atoms with Crippen molar-refractivity contribution in [1.82, 2.24) is 10.6 Å². The molecule has 5 aromatic rings. The Morgan fingerprint density at radius 3 is 2.11 bits per heavy atom. The van der Waals surface area contributed by atoms with Gasteiger partial charge in [-0.15, -0.1) is 0 Å². The van der Waals surface area contributed by atoms with Crippen molar-refractivity contribution in [3.8, 4) is 33.8 Å². The minimum Gasteiger partial charge on any atom is -0.497 e. The average Bonchev–Trinajstić information content (AvgIpc) is 3.12. The molecule has 3 N–H and O–H groups in total. The maximum atomic E-state index is 13.0. The Kier molecular flexibility index (Phi) is 11.0. The van der Waals surface area contributed by atoms with Crippen LogP contribution in [0.5, 0.6) is 11.5 Å². The highest BCUT2D eigenvalue weighted by molar-refractivity contribution is 5.98. The number of aliphatic carboxylic acids is 1. The minimum atomic E-state index is -1.04. The van der Waals surface area contributed by atoms with Crippen LogP contribution in [-0.2, 0) is 22.7 Å². The first-order valence-electron chi connectivity index (χ1n) is 15.3. The first kappa shape index (κ1) is 32.5. The van der Waals surface area contributed by atoms with Gasteiger partial charge in [0.1, 0.15) is 24.1 Å². The summed E-state index contributed by atoms with van der Waals surface area (Å²) in [7, 11) is 1.65. The molecule has 5 rings (SSSR count). The van der Waals surface area contributed by atoms with Crippen molar-refractivity contribution in [2.45, 2.75) is 32.0 Å². The number of rotatable bonds is 14. The summed E-state index contributed by atoms with van der Waals surface area (Å²) < 4.78 is 11.5. The summed E-state index contributed by atoms with van der Waals surface area (Å²) in [6.07, 6.45) is -0.280. The van der Waals surface area contributed by atoms with E-state index in [-0.39, 0.29) is 19.4 Å². The molecule has 0 saturated carbocycles. The van der Waals surface area contributed by atoms with Crippen molar-refractivity contribution >= 4 is 17.8 Å². The summed E-state index contributed by atoms with van der Waals surface area (Å²) in [5, 5.41) is 14.6. The third-order valence-electron chi connectivity index (χ3n) is 7.71. The van der Waals surface area contributed by atoms with Gasteiger partial charge in [-0.2, -0.15) is 0 Å². The predicted octanol–water partition coefficient (Wildman–Crippen LogP) is 6.89. The lowest BCUT2D eigenvalue weighted by molar-refractivity contribution is -0.137. The Hall–Kier alpha value is -5.89. The molecule has 5 aromatic carbocycles. The minimum absolute atomic E-state index is 0.0270. The van der Waals surface area contributed by atoms with Crippen LogP contribution in [0, 0.1) is 0 Å². The number of carboxylic acid groups (broad SMARTS) is 1. The first-order chi connectivity index (χ1) is 22.9. The van der Waals surface area contributed by atoms with Gasteiger partial charge in [0, 0.05) is 18.5 Å². The molecule has 0 heterocycles. The van der Waals surface area contributed by atoms with Crippen LogP contribution in [0.4, 0.5) is 0 Å². The number of ether oxygens (including phenoxy) is 2. The lowest BCUT2D eigenvalue weighted by Gasteiger charge is -2.18. The predicted molar refractivity (Wildman–Crippen MR) is 181 cm³/mol. The number of amides is 2. The van der Waals surface area contributed by atoms with Crippen LogP contribution >= 0.6 is 0 Å². The van der Waals surface area contributed by atoms with Crippen molar-refractivity contribution in [2.24, 2.45) is 0 Å². The van der Waals surface area contributed by atoms with Crippen LogP contribution in [0.15, 0.2) is 127 Å². The molecular formula is C39H36N2O6. The summed E-state index contributed by atoms with van der Waals surface area (Å²) in [5.74, 6) is -0.419. The zero-order chi connectivity index (χ0) is 33.0. The van der Waals surface area contributed by atoms with E-state index in [2.05, 4.69) is 16.7 Å². The molecule has 0 aliphatic rings. The van der Waals surface area contributed by atoms with Crippen molar-refractivity contribution in [3.63, 3.8) is 0 Å². The smallest absolute Gasteiger partial charge is 0.303 e. The van der Waals surface area contributed by atoms with Gasteiger partial charge in [-0.1, -0.05) is 91.0 Å². The van der Waals surface area contributed by atoms with E-state index in [9.17, 15) is 14.4 Å². The van der Waals surface area contributed by atoms with Crippen LogP contribution < -0.4 is 20.1 Å². The van der Waals surface area contributed by atoms with E-state index >= 15 is 0 Å². The van der Waals surface area contributed by atoms with Crippen molar-refractivity contribution in [3.05, 3.63) is 144 Å². The summed E-state index contributed by atoms with van der Waals surface area (Å²) in [6.45, 7) is 0.669. The topological polar surface area (TPSA) is 114 Å². The Morgan fingerprint density at radius 2 is 1.40 bits per heavy atom. The second-order valence-corrected chi connectivity index (χ2v) is 10.9. The Morgan fingerprint density at radius 1 is 0.723 bits per heavy atom. The normalized spacial score (nSPS) is 11.3. The van der Waals surface area contributed by atoms with E-state index in [1.807, 2.05) is 109 Å². The third-order valence-corrected chi connectivity index (χ3v) is 7.71. The summed E-state index contributed by atoms with van der Waals surface area (Å²) in [5.41, 5.74) is 6.29. The van der Waals surface area contributed by atoms with Crippen LogP contribution in [0.1, 0.15) is 34.3 Å². The summed E-state index contributed by atoms with van der Waals surface area (Å²) in [4.78, 5) is 37.1. The molecular weight excluding hydrogens is 592 g/mol. The Balaban J connectivity index is 1.19. The van der Waals surface area contributed by atoms with Crippen molar-refractivity contribution in [1.29, 1.82) is 0 Å². The highest BCUT2D eigenvalue weighted by atomic mass is 16.5. The lowest BCUT2D eigenvalue weighted by atomic mass is 10.00. The number of hydrogen-bond donors (Lipinski definition) is 3. The maximum Gasteiger partial charge on any atom is 0.303 e. The highest BCUT2D eigenvalue weighted by Crippen LogP contribution is 2.29. The fourth-order valence-corrected chi connectivity index (χ4v) is 5.12. The average molecular weight is 629 g/mol. The standard InChI is InChI=1S/C39H36N2O6/c1-46-34-12-7-11-31(24-34)35-13-6-5-10-32(35)26-47-33-20-18-29(19-21-33)28-14-16-30(17-15-28)38(44)41-36(22-23-37(42)43)39(45)40-25-27-8-3-2-4-9-27/h2-21,24,36H,22-23,25-26H2,1H3,(H,40,45)(H,41,44)(H,42,43)/t36-/m0/s1. The molecule has 8 heteroatoms. The molecule has 238 valence electrons. The van der Waals surface area contributed by atoms with Crippen LogP contribution in [0.2, 0.25) is 0 Å². The molecule has 0 bridgehead atoms. The SMILES string of the molecule is COc1cccc(-c2ccccc2COc2ccc(-c3ccc(C(=O)N[C@@H](CCC(=O)O)C(=O)NCc4ccccc4)cc3)cc2)c1. The number of benzene rings is 5. The van der Waals surface area contributed by atoms with E-state index in [1.54, 1.807) is 19.2 Å². The van der Waals surface area contributed by atoms with Gasteiger partial charge >= 0.3 is 5.97 Å². The van der Waals surface area contributed by atoms with Gasteiger partial charge < -0.3 is 25.2 Å². The third kappa shape index (κ3) is 9.08. The molecule has 2 amide bonds. The van der Waals surface area contributed by atoms with Crippen LogP contribution in [0.3, 0.4) is 0 Å². The van der Waals surface area contributed by atoms with E-state index in [0.29, 0.717) is 12.2 Å². The monoisotopic (exact) mass is 628 g/mol. The number of hydrogen-bond acceptors (Lipinski definition) is 5. The molecule has 0 radical (unpaired) electrons. The van der Waals surface area contributed by atoms with Gasteiger partial charge in [0.2, 0.25) is 5.91 Å². The fourth-order valence-electron chi connectivity index (χ4n) is 5.12. The van der Waals surface area contributed by atoms with Gasteiger partial charge in [0.25, 0.3) is 5.91 Å². The van der Waals surface area contributed by atoms with Crippen molar-refractivity contribution < 1.29 is 29.0 Å². The zero-order valence-corrected chi connectivity index (χ0v) is 26.0. The second-order valence-electron chi connectivity index (χ2n) is 10.9. The molecule has 0 aliphatic heterocycles. The second kappa shape index (κ2) is 15.9. The largest absolute Gasteiger partial charge is 0.497 e. The van der Waals surface area contributed by atoms with Crippen molar-refractivity contribution in [2.75, 3.05) is 7.11 Å². The maximum absolute atomic E-state index is 13.0. The molecule has 47 heavy (non-hydrogen) atoms. The highest BCUT2D eigenvalue weighted by Gasteiger charge is 2.22. The fraction of sp³-hybridized carbons (Fsp3) is 0.154. The number of carboxylic acids is 1. The number of methoxy groups -OCH3 is 1. The number of carbonyl (C=O) groups excluding carboxylic acids is 2. The van der Waals surface area contributed by atoms with Crippen LogP contribution in [0.25, 0.3) is 22.3 Å². The molecule has 0 saturated heterocycles. The zero-order valence-electron chi connectivity index (χ0n) is 26.0. The Bertz CT molecular complexity index is 1800. The molecule has 0 unspecified atom stereocenters. The molecule has 0 aromatic heterocycles. The summed E-state index contributed by atoms with van der Waals surface area (Å²) >= 11 is 0. The number of nitrogens with one attached hydrogen (secondary N) is 2. The quantitative estimate of drug-likeness (QED) is 0.123. The van der Waals surface area contributed by atoms with E-state index in [0.717, 1.165) is 44.9 Å².